The molecule has 2 atom stereocenters. The van der Waals surface area contributed by atoms with Gasteiger partial charge in [-0.3, -0.25) is 9.59 Å². The fraction of sp³-hybridized carbons (Fsp3) is 0.579. The van der Waals surface area contributed by atoms with Crippen molar-refractivity contribution < 1.29 is 27.5 Å². The van der Waals surface area contributed by atoms with Gasteiger partial charge in [-0.05, 0) is 30.5 Å². The molecule has 1 unspecified atom stereocenters. The zero-order valence-corrected chi connectivity index (χ0v) is 14.9. The van der Waals surface area contributed by atoms with E-state index < -0.39 is 29.7 Å². The lowest BCUT2D eigenvalue weighted by atomic mass is 9.93. The van der Waals surface area contributed by atoms with Crippen LogP contribution < -0.4 is 5.32 Å². The van der Waals surface area contributed by atoms with E-state index in [4.69, 9.17) is 4.74 Å². The molecular weight excluding hydrogens is 347 g/mol. The molecular formula is C19H24F3NO3. The highest BCUT2D eigenvalue weighted by Gasteiger charge is 2.41. The standard InChI is InChI=1S/C19H24F3NO3/c1-3-5-14(6-4-2)23-18(25)15-11-16(24)26-17(15)12-7-9-13(10-8-12)19(20,21)22/h7-10,14-15,17H,3-6,11H2,1-2H3,(H,23,25)/t15-,17?/m0/s1. The van der Waals surface area contributed by atoms with E-state index >= 15 is 0 Å². The number of hydrogen-bond acceptors (Lipinski definition) is 3. The van der Waals surface area contributed by atoms with Gasteiger partial charge in [0.2, 0.25) is 5.91 Å². The molecule has 0 aromatic heterocycles. The summed E-state index contributed by atoms with van der Waals surface area (Å²) in [7, 11) is 0. The van der Waals surface area contributed by atoms with Crippen molar-refractivity contribution in [3.05, 3.63) is 35.4 Å². The summed E-state index contributed by atoms with van der Waals surface area (Å²) >= 11 is 0. The van der Waals surface area contributed by atoms with Crippen LogP contribution in [0, 0.1) is 5.92 Å². The zero-order chi connectivity index (χ0) is 19.3. The van der Waals surface area contributed by atoms with Crippen molar-refractivity contribution in [1.29, 1.82) is 0 Å². The largest absolute Gasteiger partial charge is 0.457 e. The summed E-state index contributed by atoms with van der Waals surface area (Å²) in [6.07, 6.45) is -1.83. The zero-order valence-electron chi connectivity index (χ0n) is 14.9. The maximum absolute atomic E-state index is 12.7. The summed E-state index contributed by atoms with van der Waals surface area (Å²) in [6.45, 7) is 4.06. The Morgan fingerprint density at radius 2 is 1.77 bits per heavy atom. The monoisotopic (exact) mass is 371 g/mol. The number of cyclic esters (lactones) is 1. The van der Waals surface area contributed by atoms with Gasteiger partial charge in [-0.1, -0.05) is 38.8 Å². The van der Waals surface area contributed by atoms with Crippen LogP contribution in [0.4, 0.5) is 13.2 Å². The number of carbonyl (C=O) groups excluding carboxylic acids is 2. The average Bonchev–Trinajstić information content (AvgIpc) is 2.97. The molecule has 0 spiro atoms. The number of carbonyl (C=O) groups is 2. The maximum atomic E-state index is 12.7. The third-order valence-electron chi connectivity index (χ3n) is 4.53. The highest BCUT2D eigenvalue weighted by Crippen LogP contribution is 2.37. The number of benzene rings is 1. The van der Waals surface area contributed by atoms with E-state index in [0.29, 0.717) is 5.56 Å². The second-order valence-corrected chi connectivity index (χ2v) is 6.62. The van der Waals surface area contributed by atoms with Gasteiger partial charge in [0, 0.05) is 6.04 Å². The van der Waals surface area contributed by atoms with Gasteiger partial charge in [0.1, 0.15) is 6.10 Å². The molecule has 144 valence electrons. The Labute approximate surface area is 151 Å². The Balaban J connectivity index is 2.14. The van der Waals surface area contributed by atoms with Crippen LogP contribution in [0.15, 0.2) is 24.3 Å². The SMILES string of the molecule is CCCC(CCC)NC(=O)[C@H]1CC(=O)OC1c1ccc(C(F)(F)F)cc1. The summed E-state index contributed by atoms with van der Waals surface area (Å²) in [6, 6.07) is 4.44. The van der Waals surface area contributed by atoms with Crippen molar-refractivity contribution in [3.8, 4) is 0 Å². The summed E-state index contributed by atoms with van der Waals surface area (Å²) in [5.41, 5.74) is -0.385. The molecule has 1 heterocycles. The Hall–Kier alpha value is -2.05. The first-order valence-corrected chi connectivity index (χ1v) is 8.93. The molecule has 0 radical (unpaired) electrons. The highest BCUT2D eigenvalue weighted by atomic mass is 19.4. The van der Waals surface area contributed by atoms with Crippen molar-refractivity contribution in [2.24, 2.45) is 5.92 Å². The quantitative estimate of drug-likeness (QED) is 0.723. The Kier molecular flexibility index (Phi) is 6.67. The fourth-order valence-electron chi connectivity index (χ4n) is 3.24. The van der Waals surface area contributed by atoms with E-state index in [1.54, 1.807) is 0 Å². The van der Waals surface area contributed by atoms with Gasteiger partial charge < -0.3 is 10.1 Å². The Morgan fingerprint density at radius 1 is 1.19 bits per heavy atom. The van der Waals surface area contributed by atoms with Gasteiger partial charge in [0.25, 0.3) is 0 Å². The van der Waals surface area contributed by atoms with Crippen molar-refractivity contribution in [2.45, 2.75) is 64.3 Å². The molecule has 26 heavy (non-hydrogen) atoms. The number of esters is 1. The smallest absolute Gasteiger partial charge is 0.416 e. The minimum Gasteiger partial charge on any atom is -0.457 e. The summed E-state index contributed by atoms with van der Waals surface area (Å²) in [5, 5.41) is 2.97. The lowest BCUT2D eigenvalue weighted by molar-refractivity contribution is -0.142. The number of alkyl halides is 3. The predicted octanol–water partition coefficient (Wildman–Crippen LogP) is 4.39. The number of rotatable bonds is 7. The van der Waals surface area contributed by atoms with E-state index in [-0.39, 0.29) is 18.4 Å². The summed E-state index contributed by atoms with van der Waals surface area (Å²) < 4.78 is 43.3. The molecule has 1 aliphatic rings. The molecule has 1 aliphatic heterocycles. The van der Waals surface area contributed by atoms with Crippen LogP contribution in [-0.2, 0) is 20.5 Å². The van der Waals surface area contributed by atoms with E-state index in [9.17, 15) is 22.8 Å². The highest BCUT2D eigenvalue weighted by molar-refractivity contribution is 5.87. The maximum Gasteiger partial charge on any atom is 0.416 e. The van der Waals surface area contributed by atoms with Gasteiger partial charge in [-0.15, -0.1) is 0 Å². The molecule has 1 aromatic carbocycles. The van der Waals surface area contributed by atoms with Gasteiger partial charge in [-0.25, -0.2) is 0 Å². The average molecular weight is 371 g/mol. The number of ether oxygens (including phenoxy) is 1. The van der Waals surface area contributed by atoms with Crippen molar-refractivity contribution in [1.82, 2.24) is 5.32 Å². The molecule has 4 nitrogen and oxygen atoms in total. The lowest BCUT2D eigenvalue weighted by Crippen LogP contribution is -2.39. The van der Waals surface area contributed by atoms with Crippen molar-refractivity contribution in [3.63, 3.8) is 0 Å². The van der Waals surface area contributed by atoms with Crippen LogP contribution in [0.25, 0.3) is 0 Å². The second kappa shape index (κ2) is 8.56. The first-order chi connectivity index (χ1) is 12.3. The van der Waals surface area contributed by atoms with Gasteiger partial charge >= 0.3 is 12.1 Å². The number of halogens is 3. The first kappa shape index (κ1) is 20.3. The molecule has 1 saturated heterocycles. The molecule has 2 rings (SSSR count). The van der Waals surface area contributed by atoms with Crippen LogP contribution in [0.5, 0.6) is 0 Å². The minimum atomic E-state index is -4.44. The van der Waals surface area contributed by atoms with Crippen molar-refractivity contribution in [2.75, 3.05) is 0 Å². The Morgan fingerprint density at radius 3 is 2.27 bits per heavy atom. The van der Waals surface area contributed by atoms with Crippen molar-refractivity contribution >= 4 is 11.9 Å². The fourth-order valence-corrected chi connectivity index (χ4v) is 3.24. The topological polar surface area (TPSA) is 55.4 Å². The molecule has 7 heteroatoms. The second-order valence-electron chi connectivity index (χ2n) is 6.62. The number of amides is 1. The predicted molar refractivity (Wildman–Crippen MR) is 90.1 cm³/mol. The minimum absolute atomic E-state index is 0.0291. The number of hydrogen-bond donors (Lipinski definition) is 1. The summed E-state index contributed by atoms with van der Waals surface area (Å²) in [4.78, 5) is 24.4. The van der Waals surface area contributed by atoms with Crippen LogP contribution in [0.3, 0.4) is 0 Å². The van der Waals surface area contributed by atoms with E-state index in [0.717, 1.165) is 37.8 Å². The Bertz CT molecular complexity index is 622. The van der Waals surface area contributed by atoms with E-state index in [2.05, 4.69) is 5.32 Å². The summed E-state index contributed by atoms with van der Waals surface area (Å²) in [5.74, 6) is -1.53. The van der Waals surface area contributed by atoms with Gasteiger partial charge in [-0.2, -0.15) is 13.2 Å². The van der Waals surface area contributed by atoms with Crippen LogP contribution >= 0.6 is 0 Å². The third kappa shape index (κ3) is 4.99. The number of nitrogens with one attached hydrogen (secondary N) is 1. The third-order valence-corrected chi connectivity index (χ3v) is 4.53. The normalized spacial score (nSPS) is 20.3. The van der Waals surface area contributed by atoms with Gasteiger partial charge in [0.05, 0.1) is 17.9 Å². The van der Waals surface area contributed by atoms with Gasteiger partial charge in [0.15, 0.2) is 0 Å². The molecule has 1 N–H and O–H groups in total. The van der Waals surface area contributed by atoms with E-state index in [1.165, 1.54) is 12.1 Å². The molecule has 1 aromatic rings. The first-order valence-electron chi connectivity index (χ1n) is 8.93. The lowest BCUT2D eigenvalue weighted by Gasteiger charge is -2.22. The van der Waals surface area contributed by atoms with Crippen LogP contribution in [-0.4, -0.2) is 17.9 Å². The van der Waals surface area contributed by atoms with E-state index in [1.807, 2.05) is 13.8 Å². The molecule has 1 fully saturated rings. The molecule has 0 bridgehead atoms. The molecule has 0 aliphatic carbocycles. The van der Waals surface area contributed by atoms with Crippen LogP contribution in [0.2, 0.25) is 0 Å². The molecule has 0 saturated carbocycles. The van der Waals surface area contributed by atoms with Crippen LogP contribution in [0.1, 0.15) is 63.2 Å². The molecule has 1 amide bonds.